The first-order valence-corrected chi connectivity index (χ1v) is 26.5. The molecule has 4 aromatic rings. The molecule has 11 heteroatoms. The summed E-state index contributed by atoms with van der Waals surface area (Å²) in [7, 11) is -8.98. The Morgan fingerprint density at radius 3 is 0.968 bits per heavy atom. The van der Waals surface area contributed by atoms with E-state index in [1.54, 1.807) is 12.1 Å². The van der Waals surface area contributed by atoms with Crippen molar-refractivity contribution in [3.8, 4) is 23.0 Å². The van der Waals surface area contributed by atoms with E-state index in [9.17, 15) is 25.9 Å². The molecule has 0 aliphatic heterocycles. The molecule has 0 aromatic heterocycles. The fourth-order valence-corrected chi connectivity index (χ4v) is 8.58. The number of aryl methyl sites for hydroxylation is 2. The Balaban J connectivity index is 0.000000427. The molecular formula is C52H74CaO8S2. The largest absolute Gasteiger partial charge is 2.00 e. The van der Waals surface area contributed by atoms with Crippen LogP contribution in [-0.4, -0.2) is 63.7 Å². The van der Waals surface area contributed by atoms with Gasteiger partial charge in [0.15, 0.2) is 0 Å². The van der Waals surface area contributed by atoms with E-state index in [0.29, 0.717) is 23.0 Å². The maximum atomic E-state index is 11.2. The predicted molar refractivity (Wildman–Crippen MR) is 257 cm³/mol. The van der Waals surface area contributed by atoms with Gasteiger partial charge in [-0.2, -0.15) is 0 Å². The standard InChI is InChI=1S/2C26H38O4S.Ca/c2*1-2-3-4-5-6-7-8-9-10-11-12-13-17-23-18-14-15-21-26(23)30-24-19-16-20-25(22-24)31(27,28)29;/h2*14-16,18-22H,2-13,17H2,1H3,(H,27,28,29);/q;;+2/p-2. The van der Waals surface area contributed by atoms with Crippen LogP contribution in [0.1, 0.15) is 179 Å². The number of hydrogen-bond donors (Lipinski definition) is 0. The van der Waals surface area contributed by atoms with E-state index in [2.05, 4.69) is 13.8 Å². The molecule has 344 valence electrons. The normalized spacial score (nSPS) is 11.4. The van der Waals surface area contributed by atoms with Crippen molar-refractivity contribution in [3.05, 3.63) is 108 Å². The van der Waals surface area contributed by atoms with Crippen molar-refractivity contribution >= 4 is 58.0 Å². The van der Waals surface area contributed by atoms with Crippen LogP contribution in [0.2, 0.25) is 0 Å². The minimum Gasteiger partial charge on any atom is -0.744 e. The van der Waals surface area contributed by atoms with Gasteiger partial charge in [-0.05, 0) is 85.3 Å². The molecule has 0 radical (unpaired) electrons. The minimum absolute atomic E-state index is 0. The topological polar surface area (TPSA) is 133 Å². The summed E-state index contributed by atoms with van der Waals surface area (Å²) >= 11 is 0. The Labute approximate surface area is 411 Å². The van der Waals surface area contributed by atoms with Crippen LogP contribution in [0, 0.1) is 0 Å². The molecule has 0 saturated carbocycles. The van der Waals surface area contributed by atoms with Gasteiger partial charge in [0.1, 0.15) is 43.2 Å². The Kier molecular flexibility index (Phi) is 30.6. The summed E-state index contributed by atoms with van der Waals surface area (Å²) in [6, 6.07) is 27.1. The van der Waals surface area contributed by atoms with E-state index < -0.39 is 20.2 Å². The maximum absolute atomic E-state index is 11.2. The Morgan fingerprint density at radius 1 is 0.381 bits per heavy atom. The van der Waals surface area contributed by atoms with Gasteiger partial charge in [0, 0.05) is 0 Å². The van der Waals surface area contributed by atoms with Crippen molar-refractivity contribution in [3.63, 3.8) is 0 Å². The Morgan fingerprint density at radius 2 is 0.667 bits per heavy atom. The number of hydrogen-bond acceptors (Lipinski definition) is 8. The van der Waals surface area contributed by atoms with Crippen molar-refractivity contribution in [1.29, 1.82) is 0 Å². The molecule has 0 unspecified atom stereocenters. The second kappa shape index (κ2) is 34.0. The molecule has 63 heavy (non-hydrogen) atoms. The molecule has 4 aromatic carbocycles. The molecule has 0 saturated heterocycles. The summed E-state index contributed by atoms with van der Waals surface area (Å²) in [5.41, 5.74) is 2.20. The number of ether oxygens (including phenoxy) is 2. The van der Waals surface area contributed by atoms with E-state index in [4.69, 9.17) is 9.47 Å². The summed E-state index contributed by atoms with van der Waals surface area (Å²) in [5, 5.41) is 0. The van der Waals surface area contributed by atoms with Crippen LogP contribution in [0.4, 0.5) is 0 Å². The molecule has 0 amide bonds. The van der Waals surface area contributed by atoms with Crippen molar-refractivity contribution in [2.75, 3.05) is 0 Å². The quantitative estimate of drug-likeness (QED) is 0.0269. The molecular weight excluding hydrogens is 857 g/mol. The second-order valence-corrected chi connectivity index (χ2v) is 19.3. The Bertz CT molecular complexity index is 1870. The third kappa shape index (κ3) is 25.7. The molecule has 0 heterocycles. The monoisotopic (exact) mass is 930 g/mol. The van der Waals surface area contributed by atoms with E-state index in [1.165, 1.54) is 178 Å². The Hall–Kier alpha value is -2.44. The van der Waals surface area contributed by atoms with Crippen LogP contribution in [0.3, 0.4) is 0 Å². The van der Waals surface area contributed by atoms with Crippen molar-refractivity contribution in [2.24, 2.45) is 0 Å². The van der Waals surface area contributed by atoms with E-state index in [-0.39, 0.29) is 47.5 Å². The van der Waals surface area contributed by atoms with Gasteiger partial charge in [0.2, 0.25) is 0 Å². The predicted octanol–water partition coefficient (Wildman–Crippen LogP) is 14.9. The summed E-state index contributed by atoms with van der Waals surface area (Å²) in [5.74, 6) is 2.15. The third-order valence-corrected chi connectivity index (χ3v) is 12.9. The minimum atomic E-state index is -4.49. The van der Waals surface area contributed by atoms with Crippen LogP contribution >= 0.6 is 0 Å². The zero-order valence-electron chi connectivity index (χ0n) is 38.4. The van der Waals surface area contributed by atoms with Gasteiger partial charge >= 0.3 is 37.7 Å². The SMILES string of the molecule is CCCCCCCCCCCCCCc1ccccc1Oc1cccc(S(=O)(=O)[O-])c1.CCCCCCCCCCCCCCc1ccccc1Oc1cccc(S(=O)(=O)[O-])c1.[Ca+2]. The van der Waals surface area contributed by atoms with Crippen LogP contribution in [0.25, 0.3) is 0 Å². The van der Waals surface area contributed by atoms with Gasteiger partial charge in [-0.25, -0.2) is 16.8 Å². The van der Waals surface area contributed by atoms with E-state index >= 15 is 0 Å². The van der Waals surface area contributed by atoms with Gasteiger partial charge in [-0.3, -0.25) is 0 Å². The number of para-hydroxylation sites is 2. The first-order chi connectivity index (χ1) is 30.0. The van der Waals surface area contributed by atoms with Crippen molar-refractivity contribution < 1.29 is 35.4 Å². The third-order valence-electron chi connectivity index (χ3n) is 11.2. The summed E-state index contributed by atoms with van der Waals surface area (Å²) in [4.78, 5) is -0.549. The zero-order valence-corrected chi connectivity index (χ0v) is 42.3. The number of unbranched alkanes of at least 4 members (excludes halogenated alkanes) is 22. The molecule has 0 spiro atoms. The molecule has 8 nitrogen and oxygen atoms in total. The van der Waals surface area contributed by atoms with E-state index in [1.807, 2.05) is 48.5 Å². The van der Waals surface area contributed by atoms with Crippen LogP contribution in [0.5, 0.6) is 23.0 Å². The molecule has 4 rings (SSSR count). The number of benzene rings is 4. The fraction of sp³-hybridized carbons (Fsp3) is 0.538. The summed E-state index contributed by atoms with van der Waals surface area (Å²) < 4.78 is 79.2. The average Bonchev–Trinajstić information content (AvgIpc) is 3.25. The van der Waals surface area contributed by atoms with E-state index in [0.717, 1.165) is 36.8 Å². The van der Waals surface area contributed by atoms with Crippen LogP contribution in [0.15, 0.2) is 107 Å². The van der Waals surface area contributed by atoms with Gasteiger partial charge in [-0.1, -0.05) is 204 Å². The number of rotatable bonds is 32. The first kappa shape index (κ1) is 56.7. The van der Waals surface area contributed by atoms with Crippen molar-refractivity contribution in [1.82, 2.24) is 0 Å². The van der Waals surface area contributed by atoms with Gasteiger partial charge in [0.05, 0.1) is 9.79 Å². The second-order valence-electron chi connectivity index (χ2n) is 16.6. The molecule has 0 fully saturated rings. The molecule has 0 atom stereocenters. The smallest absolute Gasteiger partial charge is 0.744 e. The van der Waals surface area contributed by atoms with Gasteiger partial charge < -0.3 is 18.6 Å². The van der Waals surface area contributed by atoms with Crippen LogP contribution in [-0.2, 0) is 33.1 Å². The molecule has 0 N–H and O–H groups in total. The molecule has 0 aliphatic rings. The van der Waals surface area contributed by atoms with Gasteiger partial charge in [-0.15, -0.1) is 0 Å². The van der Waals surface area contributed by atoms with Crippen molar-refractivity contribution in [2.45, 2.75) is 191 Å². The molecule has 0 aliphatic carbocycles. The zero-order chi connectivity index (χ0) is 44.7. The van der Waals surface area contributed by atoms with Crippen LogP contribution < -0.4 is 9.47 Å². The fourth-order valence-electron chi connectivity index (χ4n) is 7.57. The molecule has 0 bridgehead atoms. The van der Waals surface area contributed by atoms with Gasteiger partial charge in [0.25, 0.3) is 0 Å². The maximum Gasteiger partial charge on any atom is 2.00 e. The average molecular weight is 931 g/mol. The summed E-state index contributed by atoms with van der Waals surface area (Å²) in [6.45, 7) is 4.52. The first-order valence-electron chi connectivity index (χ1n) is 23.6. The summed E-state index contributed by atoms with van der Waals surface area (Å²) in [6.07, 6.45) is 33.5.